The Hall–Kier alpha value is -0.530. The zero-order valence-electron chi connectivity index (χ0n) is 9.89. The van der Waals surface area contributed by atoms with E-state index >= 15 is 0 Å². The van der Waals surface area contributed by atoms with Crippen molar-refractivity contribution in [3.8, 4) is 0 Å². The molecule has 0 aliphatic heterocycles. The van der Waals surface area contributed by atoms with Crippen LogP contribution >= 0.6 is 0 Å². The zero-order valence-corrected chi connectivity index (χ0v) is 9.89. The predicted octanol–water partition coefficient (Wildman–Crippen LogP) is 3.38. The Labute approximate surface area is 94.8 Å². The summed E-state index contributed by atoms with van der Waals surface area (Å²) in [7, 11) is 0. The number of hydrogen-bond donors (Lipinski definition) is 1. The van der Waals surface area contributed by atoms with E-state index in [9.17, 15) is 4.79 Å². The highest BCUT2D eigenvalue weighted by molar-refractivity contribution is 5.46. The highest BCUT2D eigenvalue weighted by atomic mass is 16.1. The van der Waals surface area contributed by atoms with Crippen molar-refractivity contribution in [2.75, 3.05) is 6.54 Å². The first-order valence-electron chi connectivity index (χ1n) is 6.31. The van der Waals surface area contributed by atoms with E-state index in [2.05, 4.69) is 12.2 Å². The van der Waals surface area contributed by atoms with E-state index in [-0.39, 0.29) is 0 Å². The topological polar surface area (TPSA) is 29.1 Å². The van der Waals surface area contributed by atoms with Gasteiger partial charge in [0, 0.05) is 6.54 Å². The second-order valence-electron chi connectivity index (χ2n) is 4.06. The lowest BCUT2D eigenvalue weighted by atomic mass is 10.1. The van der Waals surface area contributed by atoms with E-state index in [1.54, 1.807) is 6.41 Å². The summed E-state index contributed by atoms with van der Waals surface area (Å²) >= 11 is 0. The number of hydrogen-bond acceptors (Lipinski definition) is 1. The second kappa shape index (κ2) is 13.5. The van der Waals surface area contributed by atoms with Gasteiger partial charge in [0.25, 0.3) is 0 Å². The lowest BCUT2D eigenvalue weighted by Crippen LogP contribution is -2.11. The molecule has 0 saturated carbocycles. The smallest absolute Gasteiger partial charge is 0.309 e. The van der Waals surface area contributed by atoms with Crippen LogP contribution in [0.15, 0.2) is 0 Å². The third kappa shape index (κ3) is 13.5. The van der Waals surface area contributed by atoms with E-state index in [1.165, 1.54) is 51.4 Å². The SMILES string of the molecule is [CH2]CCCCCCCCCCCN[C]=O. The standard InChI is InChI=1S/C13H25NO/c1-2-3-4-5-6-7-8-9-10-11-12-14-13-15/h1-12H2,(H,14,15). The zero-order chi connectivity index (χ0) is 11.2. The minimum atomic E-state index is 0.785. The Morgan fingerprint density at radius 3 is 1.73 bits per heavy atom. The van der Waals surface area contributed by atoms with Crippen molar-refractivity contribution < 1.29 is 4.79 Å². The molecule has 0 aliphatic carbocycles. The van der Waals surface area contributed by atoms with Crippen molar-refractivity contribution in [3.05, 3.63) is 6.92 Å². The van der Waals surface area contributed by atoms with Gasteiger partial charge in [0.05, 0.1) is 0 Å². The number of unbranched alkanes of at least 4 members (excludes halogenated alkanes) is 9. The molecule has 0 unspecified atom stereocenters. The van der Waals surface area contributed by atoms with Crippen LogP contribution in [0.5, 0.6) is 0 Å². The molecule has 15 heavy (non-hydrogen) atoms. The molecule has 0 aliphatic rings. The molecule has 0 heterocycles. The first-order valence-corrected chi connectivity index (χ1v) is 6.31. The average Bonchev–Trinajstić information content (AvgIpc) is 2.26. The van der Waals surface area contributed by atoms with Crippen molar-refractivity contribution in [1.82, 2.24) is 5.32 Å². The highest BCUT2D eigenvalue weighted by Crippen LogP contribution is 2.09. The quantitative estimate of drug-likeness (QED) is 0.389. The van der Waals surface area contributed by atoms with Gasteiger partial charge < -0.3 is 5.32 Å². The maximum atomic E-state index is 9.82. The summed E-state index contributed by atoms with van der Waals surface area (Å²) in [5, 5.41) is 2.56. The van der Waals surface area contributed by atoms with Crippen LogP contribution in [0.25, 0.3) is 0 Å². The van der Waals surface area contributed by atoms with Gasteiger partial charge in [-0.3, -0.25) is 4.79 Å². The van der Waals surface area contributed by atoms with Crippen molar-refractivity contribution in [1.29, 1.82) is 0 Å². The van der Waals surface area contributed by atoms with Crippen LogP contribution < -0.4 is 5.32 Å². The molecule has 2 nitrogen and oxygen atoms in total. The minimum Gasteiger partial charge on any atom is -0.348 e. The van der Waals surface area contributed by atoms with Crippen LogP contribution in [0.4, 0.5) is 0 Å². The van der Waals surface area contributed by atoms with Gasteiger partial charge in [0.1, 0.15) is 0 Å². The largest absolute Gasteiger partial charge is 0.348 e. The van der Waals surface area contributed by atoms with E-state index in [0.29, 0.717) is 0 Å². The monoisotopic (exact) mass is 211 g/mol. The van der Waals surface area contributed by atoms with Gasteiger partial charge in [-0.25, -0.2) is 0 Å². The Balaban J connectivity index is 2.83. The van der Waals surface area contributed by atoms with Gasteiger partial charge in [-0.15, -0.1) is 0 Å². The van der Waals surface area contributed by atoms with Crippen LogP contribution in [0.1, 0.15) is 64.2 Å². The van der Waals surface area contributed by atoms with Crippen molar-refractivity contribution >= 4 is 6.41 Å². The molecule has 0 fully saturated rings. The van der Waals surface area contributed by atoms with Gasteiger partial charge in [-0.2, -0.15) is 0 Å². The highest BCUT2D eigenvalue weighted by Gasteiger charge is 1.92. The van der Waals surface area contributed by atoms with Crippen molar-refractivity contribution in [3.63, 3.8) is 0 Å². The maximum absolute atomic E-state index is 9.82. The molecule has 2 radical (unpaired) electrons. The Morgan fingerprint density at radius 1 is 0.800 bits per heavy atom. The van der Waals surface area contributed by atoms with E-state index < -0.39 is 0 Å². The molecule has 0 spiro atoms. The van der Waals surface area contributed by atoms with Crippen LogP contribution in [-0.4, -0.2) is 13.0 Å². The molecule has 0 bridgehead atoms. The number of nitrogens with one attached hydrogen (secondary N) is 1. The van der Waals surface area contributed by atoms with Gasteiger partial charge >= 0.3 is 6.41 Å². The first kappa shape index (κ1) is 14.5. The summed E-state index contributed by atoms with van der Waals surface area (Å²) in [5.74, 6) is 0. The second-order valence-corrected chi connectivity index (χ2v) is 4.06. The average molecular weight is 211 g/mol. The summed E-state index contributed by atoms with van der Waals surface area (Å²) in [5.41, 5.74) is 0. The number of amides is 1. The van der Waals surface area contributed by atoms with Crippen LogP contribution in [0, 0.1) is 6.92 Å². The molecular formula is C13H25NO. The van der Waals surface area contributed by atoms with E-state index in [4.69, 9.17) is 0 Å². The van der Waals surface area contributed by atoms with Gasteiger partial charge in [-0.05, 0) is 6.42 Å². The number of carbonyl (C=O) groups excluding carboxylic acids is 1. The van der Waals surface area contributed by atoms with Gasteiger partial charge in [0.15, 0.2) is 0 Å². The maximum Gasteiger partial charge on any atom is 0.309 e. The summed E-state index contributed by atoms with van der Waals surface area (Å²) in [4.78, 5) is 9.82. The molecule has 0 aromatic carbocycles. The normalized spacial score (nSPS) is 10.2. The Bertz CT molecular complexity index is 126. The Kier molecular flexibility index (Phi) is 13.0. The molecule has 0 saturated heterocycles. The molecular weight excluding hydrogens is 186 g/mol. The van der Waals surface area contributed by atoms with Crippen molar-refractivity contribution in [2.24, 2.45) is 0 Å². The van der Waals surface area contributed by atoms with Crippen LogP contribution in [0.3, 0.4) is 0 Å². The molecule has 2 heteroatoms. The van der Waals surface area contributed by atoms with Crippen molar-refractivity contribution in [2.45, 2.75) is 64.2 Å². The number of rotatable bonds is 12. The molecule has 1 amide bonds. The molecule has 0 atom stereocenters. The minimum absolute atomic E-state index is 0.785. The van der Waals surface area contributed by atoms with E-state index in [0.717, 1.165) is 19.4 Å². The fourth-order valence-electron chi connectivity index (χ4n) is 1.68. The van der Waals surface area contributed by atoms with Crippen LogP contribution in [-0.2, 0) is 4.79 Å². The predicted molar refractivity (Wildman–Crippen MR) is 65.2 cm³/mol. The van der Waals surface area contributed by atoms with Gasteiger partial charge in [0.2, 0.25) is 0 Å². The molecule has 88 valence electrons. The van der Waals surface area contributed by atoms with Crippen LogP contribution in [0.2, 0.25) is 0 Å². The summed E-state index contributed by atoms with van der Waals surface area (Å²) in [6.07, 6.45) is 14.5. The third-order valence-electron chi connectivity index (χ3n) is 2.62. The molecule has 1 N–H and O–H groups in total. The summed E-state index contributed by atoms with van der Waals surface area (Å²) < 4.78 is 0. The summed E-state index contributed by atoms with van der Waals surface area (Å²) in [6.45, 7) is 4.62. The molecule has 0 aromatic rings. The fraction of sp³-hybridized carbons (Fsp3) is 0.846. The van der Waals surface area contributed by atoms with E-state index in [1.807, 2.05) is 0 Å². The third-order valence-corrected chi connectivity index (χ3v) is 2.62. The van der Waals surface area contributed by atoms with Gasteiger partial charge in [-0.1, -0.05) is 64.7 Å². The fourth-order valence-corrected chi connectivity index (χ4v) is 1.68. The Morgan fingerprint density at radius 2 is 1.27 bits per heavy atom. The first-order chi connectivity index (χ1) is 7.41. The lowest BCUT2D eigenvalue weighted by Gasteiger charge is -2.01. The summed E-state index contributed by atoms with van der Waals surface area (Å²) in [6, 6.07) is 0. The molecule has 0 rings (SSSR count). The molecule has 0 aromatic heterocycles. The lowest BCUT2D eigenvalue weighted by molar-refractivity contribution is 0.531.